The van der Waals surface area contributed by atoms with Gasteiger partial charge in [0.1, 0.15) is 17.4 Å². The normalized spacial score (nSPS) is 18.0. The quantitative estimate of drug-likeness (QED) is 0.183. The maximum absolute atomic E-state index is 11.5. The smallest absolute Gasteiger partial charge is 0.219 e. The summed E-state index contributed by atoms with van der Waals surface area (Å²) in [5.41, 5.74) is 0.848. The molecule has 3 heterocycles. The van der Waals surface area contributed by atoms with Crippen molar-refractivity contribution < 1.29 is 14.3 Å². The van der Waals surface area contributed by atoms with Gasteiger partial charge in [-0.05, 0) is 70.8 Å². The summed E-state index contributed by atoms with van der Waals surface area (Å²) in [6.07, 6.45) is 9.14. The summed E-state index contributed by atoms with van der Waals surface area (Å²) in [5.74, 6) is 3.36. The van der Waals surface area contributed by atoms with Crippen molar-refractivity contribution in [3.05, 3.63) is 41.7 Å². The first-order chi connectivity index (χ1) is 17.5. The second kappa shape index (κ2) is 14.5. The molecule has 0 spiro atoms. The van der Waals surface area contributed by atoms with Gasteiger partial charge in [-0.15, -0.1) is 0 Å². The number of methoxy groups -OCH3 is 1. The minimum atomic E-state index is 0.160. The van der Waals surface area contributed by atoms with Crippen LogP contribution in [-0.4, -0.2) is 80.4 Å². The summed E-state index contributed by atoms with van der Waals surface area (Å²) in [6, 6.07) is 3.84. The van der Waals surface area contributed by atoms with E-state index >= 15 is 0 Å². The first kappa shape index (κ1) is 27.5. The number of likely N-dealkylation sites (tertiary alicyclic amines) is 2. The number of rotatable bonds is 13. The predicted molar refractivity (Wildman–Crippen MR) is 145 cm³/mol. The Morgan fingerprint density at radius 2 is 2.00 bits per heavy atom. The van der Waals surface area contributed by atoms with Crippen LogP contribution in [0.15, 0.2) is 46.7 Å². The molecule has 0 radical (unpaired) electrons. The second-order valence-electron chi connectivity index (χ2n) is 9.45. The van der Waals surface area contributed by atoms with Crippen molar-refractivity contribution >= 4 is 24.1 Å². The maximum Gasteiger partial charge on any atom is 0.219 e. The zero-order valence-electron chi connectivity index (χ0n) is 22.1. The van der Waals surface area contributed by atoms with Gasteiger partial charge in [-0.3, -0.25) is 4.79 Å². The lowest BCUT2D eigenvalue weighted by Crippen LogP contribution is -2.38. The van der Waals surface area contributed by atoms with Gasteiger partial charge in [-0.2, -0.15) is 0 Å². The number of carbonyl (C=O) groups excluding carboxylic acids is 1. The highest BCUT2D eigenvalue weighted by atomic mass is 16.5. The van der Waals surface area contributed by atoms with E-state index in [1.54, 1.807) is 20.2 Å². The van der Waals surface area contributed by atoms with Crippen LogP contribution in [0, 0.1) is 5.92 Å². The standard InChI is InChI=1S/C27H42N6O3/c1-21(35-4)25(36-17-7-14-32-12-5-6-13-32)19-26(28-3)31-24-8-11-29-27(18-24)30-20-23-9-15-33(16-10-23)22(2)34/h8,11,18-19,23H,3,5-7,9-10,12-17,20H2,1-2,4H3,(H2,29,30,31)/b25-21-,26-19+. The molecule has 2 aliphatic rings. The van der Waals surface area contributed by atoms with Gasteiger partial charge in [-0.25, -0.2) is 9.98 Å². The van der Waals surface area contributed by atoms with Gasteiger partial charge in [0, 0.05) is 57.1 Å². The summed E-state index contributed by atoms with van der Waals surface area (Å²) in [4.78, 5) is 24.5. The third-order valence-corrected chi connectivity index (χ3v) is 6.83. The Labute approximate surface area is 215 Å². The number of amides is 1. The van der Waals surface area contributed by atoms with Crippen LogP contribution in [0.25, 0.3) is 0 Å². The molecule has 36 heavy (non-hydrogen) atoms. The molecule has 0 bridgehead atoms. The molecule has 0 unspecified atom stereocenters. The van der Waals surface area contributed by atoms with E-state index in [4.69, 9.17) is 9.47 Å². The van der Waals surface area contributed by atoms with E-state index in [0.717, 1.165) is 56.9 Å². The zero-order valence-corrected chi connectivity index (χ0v) is 22.1. The highest BCUT2D eigenvalue weighted by molar-refractivity contribution is 5.73. The summed E-state index contributed by atoms with van der Waals surface area (Å²) in [6.45, 7) is 13.8. The largest absolute Gasteiger partial charge is 0.498 e. The van der Waals surface area contributed by atoms with E-state index in [0.29, 0.717) is 29.9 Å². The molecule has 0 aliphatic carbocycles. The first-order valence-electron chi connectivity index (χ1n) is 13.0. The first-order valence-corrected chi connectivity index (χ1v) is 13.0. The fourth-order valence-electron chi connectivity index (χ4n) is 4.52. The van der Waals surface area contributed by atoms with Gasteiger partial charge in [0.25, 0.3) is 0 Å². The van der Waals surface area contributed by atoms with E-state index < -0.39 is 0 Å². The van der Waals surface area contributed by atoms with E-state index in [9.17, 15) is 4.79 Å². The van der Waals surface area contributed by atoms with E-state index in [-0.39, 0.29) is 5.91 Å². The van der Waals surface area contributed by atoms with Gasteiger partial charge in [-0.1, -0.05) is 0 Å². The van der Waals surface area contributed by atoms with E-state index in [1.807, 2.05) is 30.0 Å². The van der Waals surface area contributed by atoms with Crippen LogP contribution in [-0.2, 0) is 14.3 Å². The molecule has 0 aromatic carbocycles. The van der Waals surface area contributed by atoms with Crippen LogP contribution in [0.2, 0.25) is 0 Å². The second-order valence-corrected chi connectivity index (χ2v) is 9.45. The van der Waals surface area contributed by atoms with Crippen LogP contribution in [0.4, 0.5) is 11.5 Å². The Morgan fingerprint density at radius 1 is 1.25 bits per heavy atom. The van der Waals surface area contributed by atoms with Crippen LogP contribution in [0.3, 0.4) is 0 Å². The number of nitrogens with one attached hydrogen (secondary N) is 2. The molecule has 1 aromatic rings. The molecule has 1 amide bonds. The van der Waals surface area contributed by atoms with Crippen molar-refractivity contribution in [3.8, 4) is 0 Å². The predicted octanol–water partition coefficient (Wildman–Crippen LogP) is 4.09. The number of pyridine rings is 1. The van der Waals surface area contributed by atoms with Crippen molar-refractivity contribution in [3.63, 3.8) is 0 Å². The van der Waals surface area contributed by atoms with Crippen molar-refractivity contribution in [2.24, 2.45) is 10.9 Å². The fraction of sp³-hybridized carbons (Fsp3) is 0.593. The molecule has 9 nitrogen and oxygen atoms in total. The Balaban J connectivity index is 1.53. The topological polar surface area (TPSA) is 91.3 Å². The molecular formula is C27H42N6O3. The number of hydrogen-bond acceptors (Lipinski definition) is 8. The number of aliphatic imine (C=N–C) groups is 1. The highest BCUT2D eigenvalue weighted by Crippen LogP contribution is 2.21. The number of allylic oxidation sites excluding steroid dienone is 2. The fourth-order valence-corrected chi connectivity index (χ4v) is 4.52. The summed E-state index contributed by atoms with van der Waals surface area (Å²) in [7, 11) is 1.63. The van der Waals surface area contributed by atoms with Gasteiger partial charge in [0.05, 0.1) is 13.7 Å². The molecule has 3 rings (SSSR count). The number of hydrogen-bond donors (Lipinski definition) is 2. The average Bonchev–Trinajstić information content (AvgIpc) is 3.42. The Bertz CT molecular complexity index is 918. The van der Waals surface area contributed by atoms with Gasteiger partial charge >= 0.3 is 0 Å². The Hall–Kier alpha value is -3.07. The van der Waals surface area contributed by atoms with Gasteiger partial charge < -0.3 is 29.9 Å². The monoisotopic (exact) mass is 498 g/mol. The van der Waals surface area contributed by atoms with Crippen molar-refractivity contribution in [1.82, 2.24) is 14.8 Å². The lowest BCUT2D eigenvalue weighted by molar-refractivity contribution is -0.130. The number of aromatic nitrogens is 1. The third kappa shape index (κ3) is 8.86. The molecule has 2 fully saturated rings. The minimum absolute atomic E-state index is 0.160. The lowest BCUT2D eigenvalue weighted by Gasteiger charge is -2.31. The van der Waals surface area contributed by atoms with Gasteiger partial charge in [0.15, 0.2) is 5.76 Å². The molecule has 2 saturated heterocycles. The van der Waals surface area contributed by atoms with E-state index in [1.165, 1.54) is 25.9 Å². The summed E-state index contributed by atoms with van der Waals surface area (Å²) in [5, 5.41) is 6.74. The molecule has 198 valence electrons. The Morgan fingerprint density at radius 3 is 2.67 bits per heavy atom. The molecule has 0 atom stereocenters. The molecule has 2 N–H and O–H groups in total. The number of ether oxygens (including phenoxy) is 2. The molecule has 2 aliphatic heterocycles. The number of nitrogens with zero attached hydrogens (tertiary/aromatic N) is 4. The van der Waals surface area contributed by atoms with Gasteiger partial charge in [0.2, 0.25) is 5.91 Å². The summed E-state index contributed by atoms with van der Waals surface area (Å²) >= 11 is 0. The summed E-state index contributed by atoms with van der Waals surface area (Å²) < 4.78 is 11.5. The molecule has 0 saturated carbocycles. The molecule has 9 heteroatoms. The Kier molecular flexibility index (Phi) is 11.1. The minimum Gasteiger partial charge on any atom is -0.498 e. The number of anilines is 2. The van der Waals surface area contributed by atoms with Crippen LogP contribution in [0.1, 0.15) is 46.0 Å². The highest BCUT2D eigenvalue weighted by Gasteiger charge is 2.20. The average molecular weight is 499 g/mol. The number of piperidine rings is 1. The molecular weight excluding hydrogens is 456 g/mol. The lowest BCUT2D eigenvalue weighted by atomic mass is 9.97. The third-order valence-electron chi connectivity index (χ3n) is 6.83. The van der Waals surface area contributed by atoms with E-state index in [2.05, 4.69) is 32.2 Å². The van der Waals surface area contributed by atoms with Crippen LogP contribution >= 0.6 is 0 Å². The SMILES string of the molecule is C=N/C(=C\C(OCCCN1CCCC1)=C(/C)OC)Nc1ccnc(NCC2CCN(C(C)=O)CC2)c1. The van der Waals surface area contributed by atoms with Crippen molar-refractivity contribution in [2.75, 3.05) is 63.6 Å². The zero-order chi connectivity index (χ0) is 25.8. The van der Waals surface area contributed by atoms with Crippen molar-refractivity contribution in [2.45, 2.75) is 46.0 Å². The van der Waals surface area contributed by atoms with Crippen molar-refractivity contribution in [1.29, 1.82) is 0 Å². The molecule has 1 aromatic heterocycles. The maximum atomic E-state index is 11.5. The van der Waals surface area contributed by atoms with Crippen LogP contribution in [0.5, 0.6) is 0 Å². The number of carbonyl (C=O) groups is 1. The van der Waals surface area contributed by atoms with Crippen LogP contribution < -0.4 is 10.6 Å².